The molecular formula is C24H30O7S. The fourth-order valence-electron chi connectivity index (χ4n) is 2.95. The summed E-state index contributed by atoms with van der Waals surface area (Å²) in [7, 11) is -2.49. The molecule has 2 aromatic rings. The van der Waals surface area contributed by atoms with Crippen molar-refractivity contribution in [3.05, 3.63) is 71.8 Å². The highest BCUT2D eigenvalue weighted by Crippen LogP contribution is 2.23. The summed E-state index contributed by atoms with van der Waals surface area (Å²) < 4.78 is 40.1. The van der Waals surface area contributed by atoms with Crippen LogP contribution in [-0.2, 0) is 46.7 Å². The lowest BCUT2D eigenvalue weighted by Gasteiger charge is -2.26. The van der Waals surface area contributed by atoms with E-state index in [0.717, 1.165) is 11.1 Å². The highest BCUT2D eigenvalue weighted by atomic mass is 32.2. The van der Waals surface area contributed by atoms with Crippen molar-refractivity contribution >= 4 is 21.8 Å². The molecule has 0 heterocycles. The van der Waals surface area contributed by atoms with Crippen LogP contribution in [0.4, 0.5) is 0 Å². The molecule has 0 aliphatic heterocycles. The van der Waals surface area contributed by atoms with E-state index in [1.54, 1.807) is 0 Å². The molecule has 8 heteroatoms. The molecule has 0 fully saturated rings. The number of hydrogen-bond donors (Lipinski definition) is 0. The molecule has 1 atom stereocenters. The minimum atomic E-state index is -3.84. The van der Waals surface area contributed by atoms with E-state index in [0.29, 0.717) is 0 Å². The molecule has 0 aliphatic carbocycles. The van der Waals surface area contributed by atoms with Gasteiger partial charge in [0.1, 0.15) is 24.6 Å². The first-order chi connectivity index (χ1) is 15.1. The molecule has 0 saturated heterocycles. The lowest BCUT2D eigenvalue weighted by molar-refractivity contribution is -0.150. The maximum Gasteiger partial charge on any atom is 0.332 e. The molecule has 0 N–H and O–H groups in total. The second-order valence-corrected chi connectivity index (χ2v) is 10.8. The number of sulfone groups is 1. The van der Waals surface area contributed by atoms with Crippen LogP contribution in [-0.4, -0.2) is 51.2 Å². The Morgan fingerprint density at radius 2 is 1.47 bits per heavy atom. The fraction of sp³-hybridized carbons (Fsp3) is 0.417. The predicted octanol–water partition coefficient (Wildman–Crippen LogP) is 2.97. The van der Waals surface area contributed by atoms with Gasteiger partial charge in [-0.3, -0.25) is 4.79 Å². The van der Waals surface area contributed by atoms with Crippen LogP contribution < -0.4 is 0 Å². The summed E-state index contributed by atoms with van der Waals surface area (Å²) >= 11 is 0. The molecule has 1 unspecified atom stereocenters. The average molecular weight is 463 g/mol. The standard InChI is InChI=1S/C24H30O7S/c1-24(2,18-31-22(25)16-29-3)32(27,28)17-21(14-19-10-6-4-7-11-19)23(26)30-15-20-12-8-5-9-13-20/h4-13,21H,14-18H2,1-3H3. The SMILES string of the molecule is COCC(=O)OCC(C)(C)S(=O)(=O)CC(Cc1ccccc1)C(=O)OCc1ccccc1. The van der Waals surface area contributed by atoms with Crippen LogP contribution in [0.5, 0.6) is 0 Å². The number of esters is 2. The zero-order valence-electron chi connectivity index (χ0n) is 18.7. The summed E-state index contributed by atoms with van der Waals surface area (Å²) in [5.41, 5.74) is 1.64. The number of methoxy groups -OCH3 is 1. The highest BCUT2D eigenvalue weighted by Gasteiger charge is 2.39. The average Bonchev–Trinajstić information content (AvgIpc) is 2.77. The Morgan fingerprint density at radius 3 is 2.03 bits per heavy atom. The first kappa shape index (κ1) is 25.5. The Hall–Kier alpha value is -2.71. The summed E-state index contributed by atoms with van der Waals surface area (Å²) in [4.78, 5) is 24.5. The van der Waals surface area contributed by atoms with Gasteiger partial charge in [-0.05, 0) is 31.4 Å². The van der Waals surface area contributed by atoms with Crippen LogP contribution in [0.3, 0.4) is 0 Å². The van der Waals surface area contributed by atoms with Crippen molar-refractivity contribution in [1.82, 2.24) is 0 Å². The normalized spacial score (nSPS) is 12.7. The van der Waals surface area contributed by atoms with Crippen molar-refractivity contribution in [1.29, 1.82) is 0 Å². The summed E-state index contributed by atoms with van der Waals surface area (Å²) in [6.07, 6.45) is 0.216. The van der Waals surface area contributed by atoms with Crippen molar-refractivity contribution in [3.63, 3.8) is 0 Å². The molecule has 0 aliphatic rings. The second kappa shape index (κ2) is 11.8. The van der Waals surface area contributed by atoms with E-state index in [2.05, 4.69) is 0 Å². The second-order valence-electron chi connectivity index (χ2n) is 8.11. The van der Waals surface area contributed by atoms with Gasteiger partial charge in [0, 0.05) is 7.11 Å². The number of benzene rings is 2. The van der Waals surface area contributed by atoms with Crippen LogP contribution in [0.25, 0.3) is 0 Å². The summed E-state index contributed by atoms with van der Waals surface area (Å²) in [5, 5.41) is 0. The Bertz CT molecular complexity index is 970. The molecule has 0 radical (unpaired) electrons. The summed E-state index contributed by atoms with van der Waals surface area (Å²) in [6, 6.07) is 18.4. The topological polar surface area (TPSA) is 96.0 Å². The molecule has 174 valence electrons. The van der Waals surface area contributed by atoms with Crippen LogP contribution in [0, 0.1) is 5.92 Å². The fourth-order valence-corrected chi connectivity index (χ4v) is 4.42. The van der Waals surface area contributed by atoms with Crippen LogP contribution >= 0.6 is 0 Å². The molecule has 0 aromatic heterocycles. The van der Waals surface area contributed by atoms with E-state index in [9.17, 15) is 18.0 Å². The molecule has 32 heavy (non-hydrogen) atoms. The Balaban J connectivity index is 2.14. The van der Waals surface area contributed by atoms with Gasteiger partial charge in [0.15, 0.2) is 9.84 Å². The van der Waals surface area contributed by atoms with Gasteiger partial charge < -0.3 is 14.2 Å². The van der Waals surface area contributed by atoms with Gasteiger partial charge in [-0.25, -0.2) is 13.2 Å². The van der Waals surface area contributed by atoms with Gasteiger partial charge in [-0.1, -0.05) is 60.7 Å². The van der Waals surface area contributed by atoms with Crippen LogP contribution in [0.15, 0.2) is 60.7 Å². The Morgan fingerprint density at radius 1 is 0.906 bits per heavy atom. The van der Waals surface area contributed by atoms with E-state index in [1.807, 2.05) is 60.7 Å². The van der Waals surface area contributed by atoms with Crippen molar-refractivity contribution in [2.24, 2.45) is 5.92 Å². The first-order valence-corrected chi connectivity index (χ1v) is 11.9. The quantitative estimate of drug-likeness (QED) is 0.448. The van der Waals surface area contributed by atoms with Crippen molar-refractivity contribution < 1.29 is 32.2 Å². The molecule has 0 amide bonds. The maximum absolute atomic E-state index is 13.2. The van der Waals surface area contributed by atoms with Gasteiger partial charge in [0.05, 0.1) is 11.7 Å². The van der Waals surface area contributed by atoms with Crippen molar-refractivity contribution in [2.45, 2.75) is 31.6 Å². The maximum atomic E-state index is 13.2. The Labute approximate surface area is 189 Å². The van der Waals surface area contributed by atoms with E-state index < -0.39 is 38.2 Å². The zero-order chi connectivity index (χ0) is 23.6. The van der Waals surface area contributed by atoms with Crippen LogP contribution in [0.1, 0.15) is 25.0 Å². The number of rotatable bonds is 12. The van der Waals surface area contributed by atoms with Gasteiger partial charge in [0.2, 0.25) is 0 Å². The van der Waals surface area contributed by atoms with Gasteiger partial charge in [0.25, 0.3) is 0 Å². The number of hydrogen-bond acceptors (Lipinski definition) is 7. The van der Waals surface area contributed by atoms with Crippen molar-refractivity contribution in [3.8, 4) is 0 Å². The molecule has 0 saturated carbocycles. The van der Waals surface area contributed by atoms with Gasteiger partial charge in [-0.15, -0.1) is 0 Å². The minimum Gasteiger partial charge on any atom is -0.462 e. The first-order valence-electron chi connectivity index (χ1n) is 10.3. The molecule has 0 spiro atoms. The summed E-state index contributed by atoms with van der Waals surface area (Å²) in [5.74, 6) is -2.57. The highest BCUT2D eigenvalue weighted by molar-refractivity contribution is 7.92. The molecule has 2 aromatic carbocycles. The van der Waals surface area contributed by atoms with E-state index >= 15 is 0 Å². The molecule has 2 rings (SSSR count). The lowest BCUT2D eigenvalue weighted by Crippen LogP contribution is -2.43. The largest absolute Gasteiger partial charge is 0.462 e. The van der Waals surface area contributed by atoms with Gasteiger partial charge in [-0.2, -0.15) is 0 Å². The third-order valence-electron chi connectivity index (χ3n) is 4.99. The third kappa shape index (κ3) is 7.76. The van der Waals surface area contributed by atoms with E-state index in [-0.39, 0.29) is 26.2 Å². The van der Waals surface area contributed by atoms with Crippen LogP contribution in [0.2, 0.25) is 0 Å². The van der Waals surface area contributed by atoms with Crippen molar-refractivity contribution in [2.75, 3.05) is 26.1 Å². The van der Waals surface area contributed by atoms with Gasteiger partial charge >= 0.3 is 11.9 Å². The molecule has 7 nitrogen and oxygen atoms in total. The number of ether oxygens (including phenoxy) is 3. The third-order valence-corrected chi connectivity index (χ3v) is 7.63. The Kier molecular flexibility index (Phi) is 9.41. The summed E-state index contributed by atoms with van der Waals surface area (Å²) in [6.45, 7) is 2.39. The smallest absolute Gasteiger partial charge is 0.332 e. The molecule has 0 bridgehead atoms. The van der Waals surface area contributed by atoms with E-state index in [4.69, 9.17) is 14.2 Å². The van der Waals surface area contributed by atoms with E-state index in [1.165, 1.54) is 21.0 Å². The predicted molar refractivity (Wildman–Crippen MR) is 121 cm³/mol. The molecular weight excluding hydrogens is 432 g/mol. The zero-order valence-corrected chi connectivity index (χ0v) is 19.5. The minimum absolute atomic E-state index is 0.0586. The number of carbonyl (C=O) groups is 2. The lowest BCUT2D eigenvalue weighted by atomic mass is 10.0. The monoisotopic (exact) mass is 462 g/mol. The number of carbonyl (C=O) groups excluding carboxylic acids is 2.